The number of rotatable bonds is 5. The number of phenolic OH excluding ortho intramolecular Hbond substituents is 1. The number of nitrogens with zero attached hydrogens (tertiary/aromatic N) is 1. The number of benzene rings is 1. The summed E-state index contributed by atoms with van der Waals surface area (Å²) < 4.78 is 0.556. The molecule has 20 heavy (non-hydrogen) atoms. The summed E-state index contributed by atoms with van der Waals surface area (Å²) in [5.41, 5.74) is 0.428. The molecule has 1 aliphatic heterocycles. The summed E-state index contributed by atoms with van der Waals surface area (Å²) in [5.74, 6) is -0.130. The molecular weight excluding hydrogens is 324 g/mol. The highest BCUT2D eigenvalue weighted by Crippen LogP contribution is 2.25. The van der Waals surface area contributed by atoms with Crippen LogP contribution in [-0.4, -0.2) is 53.3 Å². The number of nitrogens with one attached hydrogen (secondary N) is 1. The molecule has 1 atom stereocenters. The molecule has 1 aromatic carbocycles. The van der Waals surface area contributed by atoms with E-state index in [1.165, 1.54) is 6.07 Å². The number of halogens is 1. The third-order valence-electron chi connectivity index (χ3n) is 3.45. The molecule has 0 bridgehead atoms. The van der Waals surface area contributed by atoms with Crippen molar-refractivity contribution >= 4 is 21.8 Å². The van der Waals surface area contributed by atoms with Gasteiger partial charge in [0.1, 0.15) is 5.75 Å². The van der Waals surface area contributed by atoms with Gasteiger partial charge in [-0.25, -0.2) is 0 Å². The SMILES string of the molecule is O=C(c1ccc(Br)c(O)c1)N(CCO)CC1CCCN1. The number of aliphatic hydroxyl groups is 1. The van der Waals surface area contributed by atoms with Crippen LogP contribution in [0.4, 0.5) is 0 Å². The van der Waals surface area contributed by atoms with E-state index < -0.39 is 0 Å². The van der Waals surface area contributed by atoms with Gasteiger partial charge in [0.15, 0.2) is 0 Å². The number of carbonyl (C=O) groups excluding carboxylic acids is 1. The maximum Gasteiger partial charge on any atom is 0.254 e. The maximum atomic E-state index is 12.4. The van der Waals surface area contributed by atoms with Crippen molar-refractivity contribution in [3.63, 3.8) is 0 Å². The van der Waals surface area contributed by atoms with Gasteiger partial charge < -0.3 is 20.4 Å². The van der Waals surface area contributed by atoms with Gasteiger partial charge in [-0.2, -0.15) is 0 Å². The van der Waals surface area contributed by atoms with Crippen LogP contribution in [0, 0.1) is 0 Å². The van der Waals surface area contributed by atoms with Crippen molar-refractivity contribution in [3.8, 4) is 5.75 Å². The van der Waals surface area contributed by atoms with Crippen LogP contribution in [0.1, 0.15) is 23.2 Å². The highest BCUT2D eigenvalue weighted by molar-refractivity contribution is 9.10. The summed E-state index contributed by atoms with van der Waals surface area (Å²) >= 11 is 3.19. The van der Waals surface area contributed by atoms with Crippen LogP contribution >= 0.6 is 15.9 Å². The predicted octanol–water partition coefficient (Wildman–Crippen LogP) is 1.34. The molecule has 0 saturated carbocycles. The standard InChI is InChI=1S/C14H19BrN2O3/c15-12-4-3-10(8-13(12)19)14(20)17(6-7-18)9-11-2-1-5-16-11/h3-4,8,11,16,18-19H,1-2,5-7,9H2. The molecule has 0 radical (unpaired) electrons. The molecule has 1 heterocycles. The summed E-state index contributed by atoms with van der Waals surface area (Å²) in [5, 5.41) is 22.1. The minimum absolute atomic E-state index is 0.0405. The maximum absolute atomic E-state index is 12.4. The molecule has 0 aliphatic carbocycles. The van der Waals surface area contributed by atoms with Crippen LogP contribution in [0.2, 0.25) is 0 Å². The highest BCUT2D eigenvalue weighted by atomic mass is 79.9. The summed E-state index contributed by atoms with van der Waals surface area (Å²) in [6, 6.07) is 5.04. The number of carbonyl (C=O) groups is 1. The van der Waals surface area contributed by atoms with E-state index in [9.17, 15) is 9.90 Å². The molecule has 5 nitrogen and oxygen atoms in total. The summed E-state index contributed by atoms with van der Waals surface area (Å²) in [7, 11) is 0. The Bertz CT molecular complexity index is 475. The molecule has 2 rings (SSSR count). The van der Waals surface area contributed by atoms with Gasteiger partial charge in [0.25, 0.3) is 5.91 Å². The number of hydrogen-bond acceptors (Lipinski definition) is 4. The van der Waals surface area contributed by atoms with Gasteiger partial charge in [-0.05, 0) is 53.5 Å². The van der Waals surface area contributed by atoms with E-state index in [4.69, 9.17) is 5.11 Å². The lowest BCUT2D eigenvalue weighted by molar-refractivity contribution is 0.0706. The minimum atomic E-state index is -0.171. The Morgan fingerprint density at radius 2 is 2.30 bits per heavy atom. The molecule has 1 aromatic rings. The van der Waals surface area contributed by atoms with Gasteiger partial charge in [0.05, 0.1) is 11.1 Å². The lowest BCUT2D eigenvalue weighted by Gasteiger charge is -2.25. The average Bonchev–Trinajstić information content (AvgIpc) is 2.93. The molecule has 1 unspecified atom stereocenters. The van der Waals surface area contributed by atoms with Crippen molar-refractivity contribution < 1.29 is 15.0 Å². The van der Waals surface area contributed by atoms with Crippen molar-refractivity contribution in [3.05, 3.63) is 28.2 Å². The number of aliphatic hydroxyl groups excluding tert-OH is 1. The Labute approximate surface area is 126 Å². The summed E-state index contributed by atoms with van der Waals surface area (Å²) in [6.45, 7) is 1.79. The molecule has 1 fully saturated rings. The van der Waals surface area contributed by atoms with E-state index in [2.05, 4.69) is 21.2 Å². The van der Waals surface area contributed by atoms with Crippen molar-refractivity contribution in [1.82, 2.24) is 10.2 Å². The molecule has 1 amide bonds. The second-order valence-electron chi connectivity index (χ2n) is 4.93. The zero-order valence-electron chi connectivity index (χ0n) is 11.2. The molecule has 1 saturated heterocycles. The topological polar surface area (TPSA) is 72.8 Å². The fraction of sp³-hybridized carbons (Fsp3) is 0.500. The first kappa shape index (κ1) is 15.3. The molecule has 3 N–H and O–H groups in total. The predicted molar refractivity (Wildman–Crippen MR) is 79.8 cm³/mol. The number of aromatic hydroxyl groups is 1. The molecule has 0 aromatic heterocycles. The second kappa shape index (κ2) is 7.06. The molecule has 0 spiro atoms. The van der Waals surface area contributed by atoms with Crippen molar-refractivity contribution in [1.29, 1.82) is 0 Å². The number of amides is 1. The minimum Gasteiger partial charge on any atom is -0.507 e. The van der Waals surface area contributed by atoms with Gasteiger partial charge in [0.2, 0.25) is 0 Å². The number of phenols is 1. The molecule has 1 aliphatic rings. The van der Waals surface area contributed by atoms with Crippen LogP contribution in [0.15, 0.2) is 22.7 Å². The van der Waals surface area contributed by atoms with E-state index in [0.29, 0.717) is 23.1 Å². The van der Waals surface area contributed by atoms with Crippen LogP contribution < -0.4 is 5.32 Å². The molecule has 6 heteroatoms. The fourth-order valence-electron chi connectivity index (χ4n) is 2.40. The van der Waals surface area contributed by atoms with Crippen molar-refractivity contribution in [2.75, 3.05) is 26.2 Å². The lowest BCUT2D eigenvalue weighted by Crippen LogP contribution is -2.42. The quantitative estimate of drug-likeness (QED) is 0.755. The fourth-order valence-corrected chi connectivity index (χ4v) is 2.65. The summed E-state index contributed by atoms with van der Waals surface area (Å²) in [6.07, 6.45) is 2.16. The first-order valence-corrected chi connectivity index (χ1v) is 7.53. The van der Waals surface area contributed by atoms with E-state index in [1.54, 1.807) is 17.0 Å². The highest BCUT2D eigenvalue weighted by Gasteiger charge is 2.22. The molecular formula is C14H19BrN2O3. The van der Waals surface area contributed by atoms with E-state index in [-0.39, 0.29) is 24.3 Å². The second-order valence-corrected chi connectivity index (χ2v) is 5.79. The van der Waals surface area contributed by atoms with E-state index in [0.717, 1.165) is 19.4 Å². The van der Waals surface area contributed by atoms with E-state index in [1.807, 2.05) is 0 Å². The number of hydrogen-bond donors (Lipinski definition) is 3. The first-order valence-electron chi connectivity index (χ1n) is 6.74. The van der Waals surface area contributed by atoms with E-state index >= 15 is 0 Å². The van der Waals surface area contributed by atoms with Crippen molar-refractivity contribution in [2.24, 2.45) is 0 Å². The van der Waals surface area contributed by atoms with Crippen LogP contribution in [-0.2, 0) is 0 Å². The van der Waals surface area contributed by atoms with Gasteiger partial charge in [-0.3, -0.25) is 4.79 Å². The Hall–Kier alpha value is -1.11. The van der Waals surface area contributed by atoms with Gasteiger partial charge in [0, 0.05) is 24.7 Å². The zero-order chi connectivity index (χ0) is 14.5. The summed E-state index contributed by atoms with van der Waals surface area (Å²) in [4.78, 5) is 14.1. The first-order chi connectivity index (χ1) is 9.61. The Balaban J connectivity index is 2.10. The zero-order valence-corrected chi connectivity index (χ0v) is 12.8. The van der Waals surface area contributed by atoms with Crippen LogP contribution in [0.25, 0.3) is 0 Å². The monoisotopic (exact) mass is 342 g/mol. The normalized spacial score (nSPS) is 18.2. The van der Waals surface area contributed by atoms with Crippen LogP contribution in [0.3, 0.4) is 0 Å². The third kappa shape index (κ3) is 3.71. The smallest absolute Gasteiger partial charge is 0.254 e. The van der Waals surface area contributed by atoms with Gasteiger partial charge in [-0.15, -0.1) is 0 Å². The van der Waals surface area contributed by atoms with Crippen LogP contribution in [0.5, 0.6) is 5.75 Å². The van der Waals surface area contributed by atoms with Gasteiger partial charge >= 0.3 is 0 Å². The van der Waals surface area contributed by atoms with Gasteiger partial charge in [-0.1, -0.05) is 0 Å². The Morgan fingerprint density at radius 3 is 2.90 bits per heavy atom. The Kier molecular flexibility index (Phi) is 5.39. The largest absolute Gasteiger partial charge is 0.507 e. The Morgan fingerprint density at radius 1 is 1.50 bits per heavy atom. The van der Waals surface area contributed by atoms with Crippen molar-refractivity contribution in [2.45, 2.75) is 18.9 Å². The lowest BCUT2D eigenvalue weighted by atomic mass is 10.1. The average molecular weight is 343 g/mol. The third-order valence-corrected chi connectivity index (χ3v) is 4.12. The molecule has 110 valence electrons.